The molecule has 5 nitrogen and oxygen atoms in total. The van der Waals surface area contributed by atoms with Crippen LogP contribution in [0.2, 0.25) is 0 Å². The van der Waals surface area contributed by atoms with Crippen molar-refractivity contribution in [2.24, 2.45) is 4.99 Å². The molecule has 1 aromatic rings. The zero-order valence-electron chi connectivity index (χ0n) is 7.43. The second-order valence-electron chi connectivity index (χ2n) is 2.31. The maximum Gasteiger partial charge on any atom is 0.407 e. The van der Waals surface area contributed by atoms with Crippen LogP contribution in [0.25, 0.3) is 0 Å². The first-order valence-corrected chi connectivity index (χ1v) is 4.31. The van der Waals surface area contributed by atoms with Gasteiger partial charge in [-0.1, -0.05) is 12.6 Å². The molecule has 74 valence electrons. The highest BCUT2D eigenvalue weighted by atomic mass is 32.1. The van der Waals surface area contributed by atoms with Crippen molar-refractivity contribution in [2.75, 3.05) is 6.61 Å². The lowest BCUT2D eigenvalue weighted by Crippen LogP contribution is -2.31. The van der Waals surface area contributed by atoms with Crippen LogP contribution in [0.1, 0.15) is 6.92 Å². The summed E-state index contributed by atoms with van der Waals surface area (Å²) in [6, 6.07) is 2.89. The minimum Gasteiger partial charge on any atom is -0.615 e. The molecule has 0 spiro atoms. The van der Waals surface area contributed by atoms with Crippen molar-refractivity contribution in [3.63, 3.8) is 0 Å². The Balaban J connectivity index is 3.29. The lowest BCUT2D eigenvalue weighted by Gasteiger charge is -2.07. The first-order valence-electron chi connectivity index (χ1n) is 3.87. The summed E-state index contributed by atoms with van der Waals surface area (Å²) in [6.07, 6.45) is 1.35. The zero-order chi connectivity index (χ0) is 10.6. The predicted octanol–water partition coefficient (Wildman–Crippen LogP) is 0.975. The van der Waals surface area contributed by atoms with E-state index in [1.807, 2.05) is 0 Å². The second-order valence-corrected chi connectivity index (χ2v) is 2.77. The number of rotatable bonds is 3. The Morgan fingerprint density at radius 2 is 2.43 bits per heavy atom. The van der Waals surface area contributed by atoms with Crippen LogP contribution in [0.5, 0.6) is 5.88 Å². The van der Waals surface area contributed by atoms with E-state index < -0.39 is 0 Å². The van der Waals surface area contributed by atoms with Crippen molar-refractivity contribution in [3.05, 3.63) is 17.3 Å². The minimum atomic E-state index is -0.0386. The lowest BCUT2D eigenvalue weighted by atomic mass is 10.4. The fourth-order valence-electron chi connectivity index (χ4n) is 0.904. The molecule has 0 fully saturated rings. The summed E-state index contributed by atoms with van der Waals surface area (Å²) in [5.74, 6) is -0.0386. The van der Waals surface area contributed by atoms with Crippen LogP contribution in [0.15, 0.2) is 22.2 Å². The highest BCUT2D eigenvalue weighted by molar-refractivity contribution is 7.80. The van der Waals surface area contributed by atoms with Crippen molar-refractivity contribution in [2.45, 2.75) is 11.9 Å². The van der Waals surface area contributed by atoms with Crippen molar-refractivity contribution in [1.29, 1.82) is 0 Å². The largest absolute Gasteiger partial charge is 0.615 e. The van der Waals surface area contributed by atoms with Gasteiger partial charge in [-0.05, 0) is 13.0 Å². The van der Waals surface area contributed by atoms with Crippen molar-refractivity contribution in [1.82, 2.24) is 0 Å². The summed E-state index contributed by atoms with van der Waals surface area (Å²) in [5.41, 5.74) is 0.148. The molecule has 14 heavy (non-hydrogen) atoms. The molecule has 0 N–H and O–H groups in total. The summed E-state index contributed by atoms with van der Waals surface area (Å²) in [7, 11) is 0. The number of ether oxygens (including phenoxy) is 1. The Morgan fingerprint density at radius 3 is 3.00 bits per heavy atom. The quantitative estimate of drug-likeness (QED) is 0.267. The number of hydrogen-bond acceptors (Lipinski definition) is 5. The predicted molar refractivity (Wildman–Crippen MR) is 51.6 cm³/mol. The van der Waals surface area contributed by atoms with E-state index in [1.54, 1.807) is 6.92 Å². The van der Waals surface area contributed by atoms with Gasteiger partial charge in [0.05, 0.1) is 6.61 Å². The average Bonchev–Trinajstić information content (AvgIpc) is 2.18. The third kappa shape index (κ3) is 2.04. The van der Waals surface area contributed by atoms with Gasteiger partial charge in [0.25, 0.3) is 5.03 Å². The third-order valence-corrected chi connectivity index (χ3v) is 1.78. The second kappa shape index (κ2) is 4.64. The van der Waals surface area contributed by atoms with Gasteiger partial charge in [0.15, 0.2) is 5.69 Å². The zero-order valence-corrected chi connectivity index (χ0v) is 8.32. The molecule has 0 aliphatic rings. The summed E-state index contributed by atoms with van der Waals surface area (Å²) in [6.45, 7) is 2.03. The number of thiol groups is 1. The monoisotopic (exact) mass is 212 g/mol. The van der Waals surface area contributed by atoms with E-state index in [-0.39, 0.29) is 16.6 Å². The molecule has 6 heteroatoms. The maximum atomic E-state index is 11.4. The van der Waals surface area contributed by atoms with Gasteiger partial charge in [-0.3, -0.25) is 0 Å². The number of aliphatic imine (C=N–C) groups is 1. The number of hydrogen-bond donors (Lipinski definition) is 1. The van der Waals surface area contributed by atoms with Crippen LogP contribution in [0.4, 0.5) is 5.69 Å². The summed E-state index contributed by atoms with van der Waals surface area (Å²) in [4.78, 5) is 13.4. The standard InChI is InChI=1S/C8H8N2O3S/c1-2-13-8-6(9-5-11)3-4-7(14)10(8)12/h3-4,14H,2H2,1H3. The number of isocyanates is 1. The molecule has 0 aliphatic carbocycles. The Bertz CT molecular complexity index is 388. The van der Waals surface area contributed by atoms with Crippen molar-refractivity contribution in [3.8, 4) is 5.88 Å². The fourth-order valence-corrected chi connectivity index (χ4v) is 1.07. The molecule has 0 aromatic carbocycles. The summed E-state index contributed by atoms with van der Waals surface area (Å²) in [5, 5.41) is 11.6. The topological polar surface area (TPSA) is 65.6 Å². The first kappa shape index (κ1) is 10.6. The van der Waals surface area contributed by atoms with E-state index in [2.05, 4.69) is 17.6 Å². The maximum absolute atomic E-state index is 11.4. The molecule has 0 radical (unpaired) electrons. The molecule has 0 aliphatic heterocycles. The van der Waals surface area contributed by atoms with Crippen LogP contribution < -0.4 is 9.47 Å². The summed E-state index contributed by atoms with van der Waals surface area (Å²) >= 11 is 3.91. The SMILES string of the molecule is CCOc1c(N=C=O)ccc(S)[n+]1[O-]. The van der Waals surface area contributed by atoms with Gasteiger partial charge >= 0.3 is 5.88 Å². The molecular formula is C8H8N2O3S. The molecular weight excluding hydrogens is 204 g/mol. The molecule has 0 saturated carbocycles. The Labute approximate surface area is 86.0 Å². The smallest absolute Gasteiger partial charge is 0.407 e. The van der Waals surface area contributed by atoms with E-state index in [0.29, 0.717) is 11.3 Å². The lowest BCUT2D eigenvalue weighted by molar-refractivity contribution is -0.650. The summed E-state index contributed by atoms with van der Waals surface area (Å²) < 4.78 is 5.49. The third-order valence-electron chi connectivity index (χ3n) is 1.45. The van der Waals surface area contributed by atoms with Gasteiger partial charge < -0.3 is 9.94 Å². The number of aromatic nitrogens is 1. The van der Waals surface area contributed by atoms with E-state index in [9.17, 15) is 10.0 Å². The molecule has 0 amide bonds. The van der Waals surface area contributed by atoms with Crippen LogP contribution in [-0.2, 0) is 4.79 Å². The van der Waals surface area contributed by atoms with Crippen LogP contribution >= 0.6 is 12.6 Å². The van der Waals surface area contributed by atoms with E-state index in [0.717, 1.165) is 0 Å². The molecule has 1 rings (SSSR count). The van der Waals surface area contributed by atoms with Crippen molar-refractivity contribution < 1.29 is 14.3 Å². The highest BCUT2D eigenvalue weighted by Crippen LogP contribution is 2.23. The minimum absolute atomic E-state index is 0.0386. The van der Waals surface area contributed by atoms with Crippen LogP contribution in [0, 0.1) is 5.21 Å². The molecule has 0 saturated heterocycles. The highest BCUT2D eigenvalue weighted by Gasteiger charge is 2.16. The van der Waals surface area contributed by atoms with E-state index in [4.69, 9.17) is 4.74 Å². The molecule has 0 bridgehead atoms. The van der Waals surface area contributed by atoms with E-state index in [1.165, 1.54) is 18.2 Å². The normalized spacial score (nSPS) is 9.29. The van der Waals surface area contributed by atoms with Gasteiger partial charge in [0.1, 0.15) is 0 Å². The fraction of sp³-hybridized carbons (Fsp3) is 0.250. The number of carbonyl (C=O) groups excluding carboxylic acids is 1. The van der Waals surface area contributed by atoms with Crippen molar-refractivity contribution >= 4 is 24.4 Å². The molecule has 0 atom stereocenters. The first-order chi connectivity index (χ1) is 6.70. The van der Waals surface area contributed by atoms with Crippen LogP contribution in [-0.4, -0.2) is 12.7 Å². The molecule has 0 unspecified atom stereocenters. The van der Waals surface area contributed by atoms with Gasteiger partial charge in [-0.15, -0.1) is 4.73 Å². The van der Waals surface area contributed by atoms with Gasteiger partial charge in [0, 0.05) is 6.07 Å². The molecule has 1 aromatic heterocycles. The number of nitrogens with zero attached hydrogens (tertiary/aromatic N) is 2. The molecule has 1 heterocycles. The van der Waals surface area contributed by atoms with Gasteiger partial charge in [-0.2, -0.15) is 4.99 Å². The Kier molecular flexibility index (Phi) is 3.50. The Hall–Kier alpha value is -1.52. The Morgan fingerprint density at radius 1 is 1.71 bits per heavy atom. The van der Waals surface area contributed by atoms with Crippen LogP contribution in [0.3, 0.4) is 0 Å². The number of pyridine rings is 1. The van der Waals surface area contributed by atoms with Gasteiger partial charge in [-0.25, -0.2) is 4.79 Å². The average molecular weight is 212 g/mol. The van der Waals surface area contributed by atoms with Gasteiger partial charge in [0.2, 0.25) is 6.08 Å². The van der Waals surface area contributed by atoms with E-state index >= 15 is 0 Å².